The summed E-state index contributed by atoms with van der Waals surface area (Å²) in [5.74, 6) is 3.39. The zero-order valence-corrected chi connectivity index (χ0v) is 17.7. The molecular weight excluding hydrogens is 352 g/mol. The number of aliphatic hydroxyl groups excluding tert-OH is 3. The standard InChI is InChI=1S/C24H40O4/c1-22(19(27)4-3-11-25)9-8-17-20(21(22)14-5-6-14)16-12-18(16)24(28)13-15(26)7-10-23(17,24)2/h14-21,25-28H,3-13H2,1-2H3/t15-,16?,17?,18+,19?,20?,21?,22+,23+,24+/m0/s1. The highest BCUT2D eigenvalue weighted by atomic mass is 16.3. The van der Waals surface area contributed by atoms with E-state index < -0.39 is 5.60 Å². The van der Waals surface area contributed by atoms with Gasteiger partial charge in [0.25, 0.3) is 0 Å². The van der Waals surface area contributed by atoms with Gasteiger partial charge in [-0.3, -0.25) is 0 Å². The van der Waals surface area contributed by atoms with Crippen molar-refractivity contribution < 1.29 is 20.4 Å². The van der Waals surface area contributed by atoms with Gasteiger partial charge in [0.05, 0.1) is 17.8 Å². The average Bonchev–Trinajstić information content (AvgIpc) is 3.54. The second-order valence-corrected chi connectivity index (χ2v) is 11.7. The summed E-state index contributed by atoms with van der Waals surface area (Å²) in [5.41, 5.74) is -0.822. The molecule has 5 rings (SSSR count). The van der Waals surface area contributed by atoms with Crippen LogP contribution in [0.2, 0.25) is 0 Å². The highest BCUT2D eigenvalue weighted by Crippen LogP contribution is 2.76. The fraction of sp³-hybridized carbons (Fsp3) is 1.00. The van der Waals surface area contributed by atoms with Gasteiger partial charge in [-0.15, -0.1) is 0 Å². The van der Waals surface area contributed by atoms with E-state index in [0.717, 1.165) is 38.0 Å². The molecule has 0 saturated heterocycles. The first-order valence-corrected chi connectivity index (χ1v) is 12.0. The predicted molar refractivity (Wildman–Crippen MR) is 107 cm³/mol. The van der Waals surface area contributed by atoms with E-state index in [1.165, 1.54) is 12.8 Å². The van der Waals surface area contributed by atoms with Gasteiger partial charge in [-0.25, -0.2) is 0 Å². The maximum Gasteiger partial charge on any atom is 0.0759 e. The number of hydrogen-bond acceptors (Lipinski definition) is 4. The molecule has 0 amide bonds. The normalized spacial score (nSPS) is 56.4. The van der Waals surface area contributed by atoms with Crippen LogP contribution in [0, 0.1) is 46.3 Å². The molecule has 5 fully saturated rings. The first-order chi connectivity index (χ1) is 13.3. The zero-order chi connectivity index (χ0) is 19.9. The van der Waals surface area contributed by atoms with E-state index in [9.17, 15) is 20.4 Å². The minimum absolute atomic E-state index is 0.0510. The first-order valence-electron chi connectivity index (χ1n) is 12.0. The van der Waals surface area contributed by atoms with E-state index in [-0.39, 0.29) is 29.6 Å². The molecule has 0 aliphatic heterocycles. The first kappa shape index (κ1) is 19.8. The Labute approximate surface area is 169 Å². The number of fused-ring (bicyclic) bond motifs is 6. The summed E-state index contributed by atoms with van der Waals surface area (Å²) >= 11 is 0. The fourth-order valence-corrected chi connectivity index (χ4v) is 8.78. The Hall–Kier alpha value is -0.160. The Morgan fingerprint density at radius 3 is 2.46 bits per heavy atom. The van der Waals surface area contributed by atoms with Crippen LogP contribution in [0.4, 0.5) is 0 Å². The monoisotopic (exact) mass is 392 g/mol. The van der Waals surface area contributed by atoms with Crippen molar-refractivity contribution in [3.63, 3.8) is 0 Å². The van der Waals surface area contributed by atoms with Crippen molar-refractivity contribution in [3.05, 3.63) is 0 Å². The predicted octanol–water partition coefficient (Wildman–Crippen LogP) is 3.11. The average molecular weight is 393 g/mol. The molecule has 5 unspecified atom stereocenters. The maximum atomic E-state index is 11.8. The lowest BCUT2D eigenvalue weighted by atomic mass is 9.42. The summed E-state index contributed by atoms with van der Waals surface area (Å²) < 4.78 is 0. The molecule has 0 radical (unpaired) electrons. The van der Waals surface area contributed by atoms with Crippen molar-refractivity contribution in [2.45, 2.75) is 95.9 Å². The quantitative estimate of drug-likeness (QED) is 0.579. The lowest BCUT2D eigenvalue weighted by Crippen LogP contribution is -2.65. The van der Waals surface area contributed by atoms with Gasteiger partial charge in [0.1, 0.15) is 0 Å². The molecule has 0 aromatic heterocycles. The molecule has 0 heterocycles. The molecule has 0 aromatic rings. The van der Waals surface area contributed by atoms with Crippen LogP contribution in [0.3, 0.4) is 0 Å². The zero-order valence-electron chi connectivity index (χ0n) is 17.7. The number of aliphatic hydroxyl groups is 4. The second kappa shape index (κ2) is 6.42. The molecule has 0 bridgehead atoms. The Bertz CT molecular complexity index is 620. The van der Waals surface area contributed by atoms with Gasteiger partial charge in [0.15, 0.2) is 0 Å². The number of hydrogen-bond donors (Lipinski definition) is 4. The fourth-order valence-electron chi connectivity index (χ4n) is 8.78. The maximum absolute atomic E-state index is 11.8. The van der Waals surface area contributed by atoms with Crippen molar-refractivity contribution in [2.24, 2.45) is 46.3 Å². The van der Waals surface area contributed by atoms with E-state index in [0.29, 0.717) is 48.9 Å². The van der Waals surface area contributed by atoms with Crippen LogP contribution < -0.4 is 0 Å². The molecule has 4 nitrogen and oxygen atoms in total. The van der Waals surface area contributed by atoms with Crippen LogP contribution in [-0.4, -0.2) is 44.8 Å². The highest BCUT2D eigenvalue weighted by Gasteiger charge is 2.74. The highest BCUT2D eigenvalue weighted by molar-refractivity contribution is 5.23. The van der Waals surface area contributed by atoms with E-state index >= 15 is 0 Å². The van der Waals surface area contributed by atoms with Crippen LogP contribution in [0.25, 0.3) is 0 Å². The van der Waals surface area contributed by atoms with Crippen LogP contribution in [0.5, 0.6) is 0 Å². The third-order valence-corrected chi connectivity index (χ3v) is 10.5. The van der Waals surface area contributed by atoms with Crippen molar-refractivity contribution in [1.82, 2.24) is 0 Å². The largest absolute Gasteiger partial charge is 0.396 e. The topological polar surface area (TPSA) is 80.9 Å². The molecule has 0 spiro atoms. The van der Waals surface area contributed by atoms with Crippen LogP contribution in [-0.2, 0) is 0 Å². The van der Waals surface area contributed by atoms with Crippen molar-refractivity contribution >= 4 is 0 Å². The molecule has 4 heteroatoms. The van der Waals surface area contributed by atoms with Crippen molar-refractivity contribution in [3.8, 4) is 0 Å². The van der Waals surface area contributed by atoms with Gasteiger partial charge in [-0.1, -0.05) is 13.8 Å². The molecule has 5 aliphatic rings. The summed E-state index contributed by atoms with van der Waals surface area (Å²) in [6.45, 7) is 4.82. The molecule has 0 aromatic carbocycles. The summed E-state index contributed by atoms with van der Waals surface area (Å²) in [5, 5.41) is 42.6. The smallest absolute Gasteiger partial charge is 0.0759 e. The Morgan fingerprint density at radius 1 is 1.04 bits per heavy atom. The third kappa shape index (κ3) is 2.57. The van der Waals surface area contributed by atoms with Gasteiger partial charge in [-0.05, 0) is 104 Å². The van der Waals surface area contributed by atoms with E-state index in [2.05, 4.69) is 13.8 Å². The lowest BCUT2D eigenvalue weighted by molar-refractivity contribution is -0.235. The van der Waals surface area contributed by atoms with Gasteiger partial charge in [0.2, 0.25) is 0 Å². The molecule has 160 valence electrons. The van der Waals surface area contributed by atoms with Crippen molar-refractivity contribution in [1.29, 1.82) is 0 Å². The lowest BCUT2D eigenvalue weighted by Gasteiger charge is -2.64. The van der Waals surface area contributed by atoms with E-state index in [1.54, 1.807) is 0 Å². The summed E-state index contributed by atoms with van der Waals surface area (Å²) in [7, 11) is 0. The Balaban J connectivity index is 1.49. The van der Waals surface area contributed by atoms with Gasteiger partial charge < -0.3 is 20.4 Å². The third-order valence-electron chi connectivity index (χ3n) is 10.5. The Kier molecular flexibility index (Phi) is 4.53. The Morgan fingerprint density at radius 2 is 1.79 bits per heavy atom. The van der Waals surface area contributed by atoms with Crippen molar-refractivity contribution in [2.75, 3.05) is 6.61 Å². The van der Waals surface area contributed by atoms with Crippen LogP contribution in [0.15, 0.2) is 0 Å². The molecule has 5 saturated carbocycles. The molecule has 4 N–H and O–H groups in total. The van der Waals surface area contributed by atoms with Crippen LogP contribution >= 0.6 is 0 Å². The minimum atomic E-state index is -0.687. The van der Waals surface area contributed by atoms with Gasteiger partial charge >= 0.3 is 0 Å². The van der Waals surface area contributed by atoms with Gasteiger partial charge in [0, 0.05) is 13.0 Å². The molecular formula is C24H40O4. The van der Waals surface area contributed by atoms with Crippen LogP contribution in [0.1, 0.15) is 78.1 Å². The van der Waals surface area contributed by atoms with E-state index in [4.69, 9.17) is 0 Å². The summed E-state index contributed by atoms with van der Waals surface area (Å²) in [6.07, 6.45) is 8.89. The SMILES string of the molecule is C[C@]1(C(O)CCCO)CCC2C(C3C[C@H]3[C@]3(O)C[C@@H](O)CC[C@]23C)C1C1CC1. The molecule has 5 aliphatic carbocycles. The minimum Gasteiger partial charge on any atom is -0.396 e. The van der Waals surface area contributed by atoms with Gasteiger partial charge in [-0.2, -0.15) is 0 Å². The van der Waals surface area contributed by atoms with E-state index in [1.807, 2.05) is 0 Å². The molecule has 10 atom stereocenters. The second-order valence-electron chi connectivity index (χ2n) is 11.7. The summed E-state index contributed by atoms with van der Waals surface area (Å²) in [4.78, 5) is 0. The summed E-state index contributed by atoms with van der Waals surface area (Å²) in [6, 6.07) is 0. The number of rotatable bonds is 5. The molecule has 28 heavy (non-hydrogen) atoms.